The minimum absolute atomic E-state index is 0.180. The summed E-state index contributed by atoms with van der Waals surface area (Å²) in [6, 6.07) is 8.94. The molecule has 1 aliphatic rings. The zero-order valence-corrected chi connectivity index (χ0v) is 14.8. The number of amides is 1. The van der Waals surface area contributed by atoms with Gasteiger partial charge in [0, 0.05) is 37.6 Å². The number of carbonyl (C=O) groups is 1. The van der Waals surface area contributed by atoms with E-state index in [9.17, 15) is 4.79 Å². The number of rotatable bonds is 4. The molecule has 2 rings (SSSR count). The van der Waals surface area contributed by atoms with Crippen molar-refractivity contribution < 1.29 is 9.53 Å². The van der Waals surface area contributed by atoms with E-state index >= 15 is 0 Å². The Bertz CT molecular complexity index is 537. The van der Waals surface area contributed by atoms with Gasteiger partial charge in [0.2, 0.25) is 0 Å². The van der Waals surface area contributed by atoms with Crippen molar-refractivity contribution in [2.45, 2.75) is 57.7 Å². The second kappa shape index (κ2) is 7.11. The molecule has 23 heavy (non-hydrogen) atoms. The Morgan fingerprint density at radius 2 is 1.91 bits per heavy atom. The number of nitrogens with one attached hydrogen (secondary N) is 2. The average molecular weight is 319 g/mol. The molecule has 2 N–H and O–H groups in total. The van der Waals surface area contributed by atoms with Gasteiger partial charge >= 0.3 is 6.09 Å². The summed E-state index contributed by atoms with van der Waals surface area (Å²) in [4.78, 5) is 13.9. The number of alkyl carbamates (subject to hydrolysis) is 1. The van der Waals surface area contributed by atoms with E-state index in [1.807, 2.05) is 34.9 Å². The van der Waals surface area contributed by atoms with E-state index in [4.69, 9.17) is 4.74 Å². The quantitative estimate of drug-likeness (QED) is 0.890. The van der Waals surface area contributed by atoms with Gasteiger partial charge in [0.05, 0.1) is 0 Å². The van der Waals surface area contributed by atoms with E-state index in [2.05, 4.69) is 39.8 Å². The lowest BCUT2D eigenvalue weighted by Crippen LogP contribution is -2.38. The van der Waals surface area contributed by atoms with Crippen LogP contribution in [0.1, 0.15) is 40.0 Å². The normalized spacial score (nSPS) is 20.9. The molecular formula is C18H29N3O2. The predicted molar refractivity (Wildman–Crippen MR) is 95.2 cm³/mol. The lowest BCUT2D eigenvalue weighted by Gasteiger charge is -2.22. The van der Waals surface area contributed by atoms with Crippen LogP contribution in [0.25, 0.3) is 0 Å². The second-order valence-electron chi connectivity index (χ2n) is 7.44. The number of ether oxygens (including phenoxy) is 1. The van der Waals surface area contributed by atoms with Gasteiger partial charge in [-0.05, 0) is 58.2 Å². The SMILES string of the molecule is CN(C)c1cccc(NC2CCC(NC(=O)OC(C)(C)C)C2)c1. The average Bonchev–Trinajstić information content (AvgIpc) is 2.83. The summed E-state index contributed by atoms with van der Waals surface area (Å²) in [5.41, 5.74) is 1.85. The lowest BCUT2D eigenvalue weighted by atomic mass is 10.2. The third kappa shape index (κ3) is 5.66. The van der Waals surface area contributed by atoms with Crippen LogP contribution in [0.4, 0.5) is 16.2 Å². The Morgan fingerprint density at radius 1 is 1.22 bits per heavy atom. The van der Waals surface area contributed by atoms with Crippen molar-refractivity contribution in [3.05, 3.63) is 24.3 Å². The molecule has 0 saturated heterocycles. The number of carbonyl (C=O) groups excluding carboxylic acids is 1. The number of anilines is 2. The fourth-order valence-electron chi connectivity index (χ4n) is 2.83. The molecule has 1 aliphatic carbocycles. The lowest BCUT2D eigenvalue weighted by molar-refractivity contribution is 0.0505. The summed E-state index contributed by atoms with van der Waals surface area (Å²) in [7, 11) is 4.07. The Morgan fingerprint density at radius 3 is 2.57 bits per heavy atom. The topological polar surface area (TPSA) is 53.6 Å². The van der Waals surface area contributed by atoms with E-state index in [0.717, 1.165) is 24.9 Å². The fourth-order valence-corrected chi connectivity index (χ4v) is 2.83. The molecule has 5 nitrogen and oxygen atoms in total. The van der Waals surface area contributed by atoms with Crippen molar-refractivity contribution in [1.82, 2.24) is 5.32 Å². The van der Waals surface area contributed by atoms with Crippen LogP contribution in [0.5, 0.6) is 0 Å². The summed E-state index contributed by atoms with van der Waals surface area (Å²) in [6.07, 6.45) is 2.63. The van der Waals surface area contributed by atoms with Crippen molar-refractivity contribution in [1.29, 1.82) is 0 Å². The first-order chi connectivity index (χ1) is 10.7. The number of benzene rings is 1. The molecular weight excluding hydrogens is 290 g/mol. The first-order valence-corrected chi connectivity index (χ1v) is 8.26. The molecule has 1 aromatic carbocycles. The minimum atomic E-state index is -0.451. The second-order valence-corrected chi connectivity index (χ2v) is 7.44. The van der Waals surface area contributed by atoms with E-state index in [1.165, 1.54) is 5.69 Å². The molecule has 5 heteroatoms. The summed E-state index contributed by atoms with van der Waals surface area (Å²) in [6.45, 7) is 5.63. The van der Waals surface area contributed by atoms with Crippen LogP contribution in [-0.2, 0) is 4.74 Å². The maximum absolute atomic E-state index is 11.8. The van der Waals surface area contributed by atoms with Crippen LogP contribution in [0.3, 0.4) is 0 Å². The van der Waals surface area contributed by atoms with Gasteiger partial charge in [0.15, 0.2) is 0 Å². The van der Waals surface area contributed by atoms with Crippen LogP contribution in [0, 0.1) is 0 Å². The van der Waals surface area contributed by atoms with Gasteiger partial charge in [0.25, 0.3) is 0 Å². The Balaban J connectivity index is 1.84. The molecule has 2 unspecified atom stereocenters. The van der Waals surface area contributed by atoms with Crippen molar-refractivity contribution in [2.24, 2.45) is 0 Å². The summed E-state index contributed by atoms with van der Waals surface area (Å²) < 4.78 is 5.32. The first-order valence-electron chi connectivity index (χ1n) is 8.26. The van der Waals surface area contributed by atoms with Gasteiger partial charge < -0.3 is 20.3 Å². The van der Waals surface area contributed by atoms with Gasteiger partial charge in [-0.25, -0.2) is 4.79 Å². The fraction of sp³-hybridized carbons (Fsp3) is 0.611. The third-order valence-corrected chi connectivity index (χ3v) is 3.89. The number of hydrogen-bond acceptors (Lipinski definition) is 4. The van der Waals surface area contributed by atoms with E-state index in [1.54, 1.807) is 0 Å². The van der Waals surface area contributed by atoms with Crippen LogP contribution in [0.15, 0.2) is 24.3 Å². The predicted octanol–water partition coefficient (Wildman–Crippen LogP) is 3.61. The molecule has 0 bridgehead atoms. The van der Waals surface area contributed by atoms with Crippen molar-refractivity contribution in [2.75, 3.05) is 24.3 Å². The Hall–Kier alpha value is -1.91. The van der Waals surface area contributed by atoms with Gasteiger partial charge in [-0.3, -0.25) is 0 Å². The molecule has 1 aromatic rings. The minimum Gasteiger partial charge on any atom is -0.444 e. The summed E-state index contributed by atoms with van der Waals surface area (Å²) in [5, 5.41) is 6.54. The largest absolute Gasteiger partial charge is 0.444 e. The maximum Gasteiger partial charge on any atom is 0.407 e. The first kappa shape index (κ1) is 17.4. The zero-order chi connectivity index (χ0) is 17.0. The van der Waals surface area contributed by atoms with Crippen molar-refractivity contribution in [3.63, 3.8) is 0 Å². The molecule has 1 saturated carbocycles. The standard InChI is InChI=1S/C18H29N3O2/c1-18(2,3)23-17(22)20-15-10-9-14(11-15)19-13-7-6-8-16(12-13)21(4)5/h6-8,12,14-15,19H,9-11H2,1-5H3,(H,20,22). The highest BCUT2D eigenvalue weighted by Crippen LogP contribution is 2.25. The van der Waals surface area contributed by atoms with Crippen LogP contribution >= 0.6 is 0 Å². The molecule has 0 aromatic heterocycles. The van der Waals surface area contributed by atoms with Crippen molar-refractivity contribution in [3.8, 4) is 0 Å². The molecule has 0 heterocycles. The highest BCUT2D eigenvalue weighted by molar-refractivity contribution is 5.68. The molecule has 0 spiro atoms. The summed E-state index contributed by atoms with van der Waals surface area (Å²) >= 11 is 0. The molecule has 0 aliphatic heterocycles. The number of hydrogen-bond donors (Lipinski definition) is 2. The number of nitrogens with zero attached hydrogens (tertiary/aromatic N) is 1. The van der Waals surface area contributed by atoms with Gasteiger partial charge in [-0.1, -0.05) is 6.07 Å². The van der Waals surface area contributed by atoms with Crippen LogP contribution < -0.4 is 15.5 Å². The van der Waals surface area contributed by atoms with E-state index in [0.29, 0.717) is 6.04 Å². The molecule has 2 atom stereocenters. The maximum atomic E-state index is 11.8. The van der Waals surface area contributed by atoms with Gasteiger partial charge in [-0.2, -0.15) is 0 Å². The Labute approximate surface area is 139 Å². The molecule has 128 valence electrons. The smallest absolute Gasteiger partial charge is 0.407 e. The van der Waals surface area contributed by atoms with Crippen LogP contribution in [-0.4, -0.2) is 37.9 Å². The summed E-state index contributed by atoms with van der Waals surface area (Å²) in [5.74, 6) is 0. The molecule has 1 amide bonds. The molecule has 0 radical (unpaired) electrons. The van der Waals surface area contributed by atoms with Crippen molar-refractivity contribution >= 4 is 17.5 Å². The zero-order valence-electron chi connectivity index (χ0n) is 14.8. The van der Waals surface area contributed by atoms with Gasteiger partial charge in [0.1, 0.15) is 5.60 Å². The highest BCUT2D eigenvalue weighted by Gasteiger charge is 2.27. The molecule has 1 fully saturated rings. The van der Waals surface area contributed by atoms with Gasteiger partial charge in [-0.15, -0.1) is 0 Å². The van der Waals surface area contributed by atoms with Crippen LogP contribution in [0.2, 0.25) is 0 Å². The monoisotopic (exact) mass is 319 g/mol. The highest BCUT2D eigenvalue weighted by atomic mass is 16.6. The Kier molecular flexibility index (Phi) is 5.39. The van der Waals surface area contributed by atoms with E-state index in [-0.39, 0.29) is 12.1 Å². The van der Waals surface area contributed by atoms with E-state index < -0.39 is 5.60 Å². The third-order valence-electron chi connectivity index (χ3n) is 3.89.